The lowest BCUT2D eigenvalue weighted by Crippen LogP contribution is -2.40. The third kappa shape index (κ3) is 4.57. The Morgan fingerprint density at radius 2 is 1.95 bits per heavy atom. The summed E-state index contributed by atoms with van der Waals surface area (Å²) in [7, 11) is 2.00. The number of rotatable bonds is 5. The molecule has 0 spiro atoms. The summed E-state index contributed by atoms with van der Waals surface area (Å²) in [6, 6.07) is 0.611. The minimum absolute atomic E-state index is 0.474. The van der Waals surface area contributed by atoms with Gasteiger partial charge < -0.3 is 5.32 Å². The van der Waals surface area contributed by atoms with Gasteiger partial charge in [0, 0.05) is 19.3 Å². The van der Waals surface area contributed by atoms with Crippen LogP contribution in [-0.2, 0) is 13.5 Å². The van der Waals surface area contributed by atoms with Gasteiger partial charge in [0.05, 0.1) is 6.20 Å². The van der Waals surface area contributed by atoms with Crippen LogP contribution in [0.5, 0.6) is 0 Å². The number of aromatic nitrogens is 2. The summed E-state index contributed by atoms with van der Waals surface area (Å²) in [5, 5.41) is 8.03. The average Bonchev–Trinajstić information content (AvgIpc) is 2.83. The number of nitrogens with one attached hydrogen (secondary N) is 1. The Bertz CT molecular complexity index is 422. The monoisotopic (exact) mass is 291 g/mol. The van der Waals surface area contributed by atoms with Crippen molar-refractivity contribution in [1.29, 1.82) is 0 Å². The van der Waals surface area contributed by atoms with E-state index in [0.29, 0.717) is 11.5 Å². The van der Waals surface area contributed by atoms with Crippen LogP contribution >= 0.6 is 0 Å². The number of hydrogen-bond acceptors (Lipinski definition) is 2. The minimum Gasteiger partial charge on any atom is -0.314 e. The Morgan fingerprint density at radius 3 is 2.43 bits per heavy atom. The summed E-state index contributed by atoms with van der Waals surface area (Å²) in [4.78, 5) is 0. The molecule has 1 aromatic heterocycles. The molecule has 0 bridgehead atoms. The van der Waals surface area contributed by atoms with E-state index in [1.165, 1.54) is 31.2 Å². The van der Waals surface area contributed by atoms with Gasteiger partial charge in [-0.25, -0.2) is 0 Å². The highest BCUT2D eigenvalue weighted by atomic mass is 15.2. The van der Waals surface area contributed by atoms with E-state index in [9.17, 15) is 0 Å². The van der Waals surface area contributed by atoms with Gasteiger partial charge in [0.15, 0.2) is 0 Å². The zero-order chi connectivity index (χ0) is 15.5. The van der Waals surface area contributed by atoms with Crippen LogP contribution in [0.4, 0.5) is 0 Å². The number of nitrogens with zero attached hydrogens (tertiary/aromatic N) is 2. The van der Waals surface area contributed by atoms with Crippen molar-refractivity contribution in [2.45, 2.75) is 65.8 Å². The molecule has 1 aliphatic rings. The maximum Gasteiger partial charge on any atom is 0.0522 e. The Hall–Kier alpha value is -0.830. The van der Waals surface area contributed by atoms with Crippen LogP contribution in [0.25, 0.3) is 0 Å². The van der Waals surface area contributed by atoms with Gasteiger partial charge in [-0.05, 0) is 61.5 Å². The van der Waals surface area contributed by atoms with Crippen LogP contribution in [0.1, 0.15) is 58.9 Å². The number of likely N-dealkylation sites (N-methyl/N-ethyl adjacent to an activating group) is 1. The zero-order valence-corrected chi connectivity index (χ0v) is 14.5. The fourth-order valence-corrected chi connectivity index (χ4v) is 3.89. The van der Waals surface area contributed by atoms with Crippen molar-refractivity contribution in [3.8, 4) is 0 Å². The predicted molar refractivity (Wildman–Crippen MR) is 89.3 cm³/mol. The lowest BCUT2D eigenvalue weighted by Gasteiger charge is -2.39. The Kier molecular flexibility index (Phi) is 5.48. The molecule has 0 saturated heterocycles. The number of aryl methyl sites for hydroxylation is 1. The van der Waals surface area contributed by atoms with Gasteiger partial charge in [0.2, 0.25) is 0 Å². The van der Waals surface area contributed by atoms with Crippen LogP contribution in [-0.4, -0.2) is 22.4 Å². The summed E-state index contributed by atoms with van der Waals surface area (Å²) in [5.74, 6) is 1.72. The molecule has 1 N–H and O–H groups in total. The van der Waals surface area contributed by atoms with Crippen LogP contribution in [0.3, 0.4) is 0 Å². The molecular formula is C18H33N3. The number of hydrogen-bond donors (Lipinski definition) is 1. The zero-order valence-electron chi connectivity index (χ0n) is 14.5. The molecule has 0 amide bonds. The molecule has 0 aromatic carbocycles. The Labute approximate surface area is 130 Å². The summed E-state index contributed by atoms with van der Waals surface area (Å²) in [6.45, 7) is 10.5. The molecule has 1 heterocycles. The predicted octanol–water partition coefficient (Wildman–Crippen LogP) is 3.79. The molecule has 1 aromatic rings. The van der Waals surface area contributed by atoms with Gasteiger partial charge in [0.1, 0.15) is 0 Å². The highest BCUT2D eigenvalue weighted by Gasteiger charge is 2.32. The third-order valence-electron chi connectivity index (χ3n) is 5.25. The van der Waals surface area contributed by atoms with Crippen LogP contribution in [0.2, 0.25) is 0 Å². The van der Waals surface area contributed by atoms with Crippen LogP contribution in [0.15, 0.2) is 12.4 Å². The molecule has 0 aliphatic heterocycles. The molecule has 120 valence electrons. The van der Waals surface area contributed by atoms with Gasteiger partial charge >= 0.3 is 0 Å². The lowest BCUT2D eigenvalue weighted by atomic mass is 9.68. The molecule has 3 heteroatoms. The molecule has 2 rings (SSSR count). The maximum absolute atomic E-state index is 4.31. The second-order valence-corrected chi connectivity index (χ2v) is 7.87. The van der Waals surface area contributed by atoms with Gasteiger partial charge in [-0.3, -0.25) is 4.68 Å². The first kappa shape index (κ1) is 16.5. The normalized spacial score (nSPS) is 25.0. The molecular weight excluding hydrogens is 258 g/mol. The van der Waals surface area contributed by atoms with E-state index in [2.05, 4.69) is 44.3 Å². The summed E-state index contributed by atoms with van der Waals surface area (Å²) in [5.41, 5.74) is 1.84. The molecule has 3 nitrogen and oxygen atoms in total. The quantitative estimate of drug-likeness (QED) is 0.894. The first-order valence-electron chi connectivity index (χ1n) is 8.61. The topological polar surface area (TPSA) is 29.9 Å². The van der Waals surface area contributed by atoms with Crippen molar-refractivity contribution in [2.24, 2.45) is 24.3 Å². The Balaban J connectivity index is 1.93. The highest BCUT2D eigenvalue weighted by molar-refractivity contribution is 5.07. The standard InChI is InChI=1S/C18H33N3/c1-6-19-17(11-14-12-20-21(5)13-14)15-7-9-16(10-8-15)18(2,3)4/h12-13,15-17,19H,6-11H2,1-5H3. The minimum atomic E-state index is 0.474. The fraction of sp³-hybridized carbons (Fsp3) is 0.833. The SMILES string of the molecule is CCNC(Cc1cnn(C)c1)C1CCC(C(C)(C)C)CC1. The van der Waals surface area contributed by atoms with Gasteiger partial charge in [-0.1, -0.05) is 27.7 Å². The van der Waals surface area contributed by atoms with E-state index >= 15 is 0 Å². The molecule has 1 fully saturated rings. The first-order chi connectivity index (χ1) is 9.90. The van der Waals surface area contributed by atoms with E-state index in [4.69, 9.17) is 0 Å². The van der Waals surface area contributed by atoms with Crippen molar-refractivity contribution in [2.75, 3.05) is 6.54 Å². The third-order valence-corrected chi connectivity index (χ3v) is 5.25. The average molecular weight is 291 g/mol. The molecule has 1 aliphatic carbocycles. The molecule has 0 radical (unpaired) electrons. The molecule has 1 unspecified atom stereocenters. The van der Waals surface area contributed by atoms with E-state index in [1.807, 2.05) is 17.9 Å². The highest BCUT2D eigenvalue weighted by Crippen LogP contribution is 2.41. The van der Waals surface area contributed by atoms with Crippen molar-refractivity contribution in [3.63, 3.8) is 0 Å². The van der Waals surface area contributed by atoms with Crippen molar-refractivity contribution < 1.29 is 0 Å². The van der Waals surface area contributed by atoms with Gasteiger partial charge in [0.25, 0.3) is 0 Å². The van der Waals surface area contributed by atoms with Gasteiger partial charge in [-0.15, -0.1) is 0 Å². The second kappa shape index (κ2) is 6.95. The van der Waals surface area contributed by atoms with Crippen molar-refractivity contribution >= 4 is 0 Å². The summed E-state index contributed by atoms with van der Waals surface area (Å²) in [6.07, 6.45) is 10.8. The summed E-state index contributed by atoms with van der Waals surface area (Å²) >= 11 is 0. The smallest absolute Gasteiger partial charge is 0.0522 e. The van der Waals surface area contributed by atoms with Crippen LogP contribution < -0.4 is 5.32 Å². The molecule has 1 atom stereocenters. The lowest BCUT2D eigenvalue weighted by molar-refractivity contribution is 0.132. The molecule has 1 saturated carbocycles. The van der Waals surface area contributed by atoms with Gasteiger partial charge in [-0.2, -0.15) is 5.10 Å². The van der Waals surface area contributed by atoms with Crippen LogP contribution in [0, 0.1) is 17.3 Å². The largest absolute Gasteiger partial charge is 0.314 e. The van der Waals surface area contributed by atoms with E-state index < -0.39 is 0 Å². The van der Waals surface area contributed by atoms with E-state index in [1.54, 1.807) is 0 Å². The fourth-order valence-electron chi connectivity index (χ4n) is 3.89. The second-order valence-electron chi connectivity index (χ2n) is 7.87. The van der Waals surface area contributed by atoms with Crippen molar-refractivity contribution in [1.82, 2.24) is 15.1 Å². The Morgan fingerprint density at radius 1 is 1.29 bits per heavy atom. The van der Waals surface area contributed by atoms with E-state index in [-0.39, 0.29) is 0 Å². The van der Waals surface area contributed by atoms with E-state index in [0.717, 1.165) is 24.8 Å². The van der Waals surface area contributed by atoms with Crippen molar-refractivity contribution in [3.05, 3.63) is 18.0 Å². The maximum atomic E-state index is 4.31. The molecule has 21 heavy (non-hydrogen) atoms. The first-order valence-corrected chi connectivity index (χ1v) is 8.61. The summed E-state index contributed by atoms with van der Waals surface area (Å²) < 4.78 is 1.91.